The van der Waals surface area contributed by atoms with Gasteiger partial charge in [-0.1, -0.05) is 19.1 Å². The number of hydrogen-bond acceptors (Lipinski definition) is 3. The number of benzene rings is 1. The Balaban J connectivity index is 2.19. The van der Waals surface area contributed by atoms with E-state index in [1.807, 2.05) is 32.9 Å². The molecule has 0 saturated heterocycles. The molecule has 2 amide bonds. The van der Waals surface area contributed by atoms with Gasteiger partial charge in [0.2, 0.25) is 11.8 Å². The summed E-state index contributed by atoms with van der Waals surface area (Å²) in [7, 11) is 0. The molecule has 2 rings (SSSR count). The first-order chi connectivity index (χ1) is 12.8. The van der Waals surface area contributed by atoms with E-state index in [0.29, 0.717) is 19.5 Å². The molecule has 146 valence electrons. The number of nitrogens with zero attached hydrogens (tertiary/aromatic N) is 2. The zero-order valence-corrected chi connectivity index (χ0v) is 17.2. The average Bonchev–Trinajstić information content (AvgIpc) is 3.04. The molecule has 0 bridgehead atoms. The minimum atomic E-state index is -0.301. The van der Waals surface area contributed by atoms with Gasteiger partial charge < -0.3 is 9.80 Å². The molecule has 0 spiro atoms. The number of thiophene rings is 1. The molecule has 1 heterocycles. The number of carbonyl (C=O) groups excluding carboxylic acids is 2. The highest BCUT2D eigenvalue weighted by atomic mass is 32.1. The van der Waals surface area contributed by atoms with Crippen LogP contribution in [0.5, 0.6) is 0 Å². The van der Waals surface area contributed by atoms with Gasteiger partial charge in [-0.25, -0.2) is 4.39 Å². The van der Waals surface area contributed by atoms with Crippen molar-refractivity contribution in [1.82, 2.24) is 9.80 Å². The van der Waals surface area contributed by atoms with E-state index in [0.717, 1.165) is 10.4 Å². The minimum Gasteiger partial charge on any atom is -0.332 e. The molecule has 1 aromatic heterocycles. The number of carbonyl (C=O) groups is 2. The van der Waals surface area contributed by atoms with E-state index in [2.05, 4.69) is 0 Å². The van der Waals surface area contributed by atoms with Gasteiger partial charge in [-0.2, -0.15) is 0 Å². The molecule has 0 aliphatic rings. The van der Waals surface area contributed by atoms with Crippen molar-refractivity contribution < 1.29 is 14.0 Å². The molecule has 27 heavy (non-hydrogen) atoms. The third kappa shape index (κ3) is 6.17. The molecule has 4 nitrogen and oxygen atoms in total. The lowest BCUT2D eigenvalue weighted by Crippen LogP contribution is -2.45. The molecule has 0 N–H and O–H groups in total. The molecule has 2 aromatic rings. The number of hydrogen-bond donors (Lipinski definition) is 0. The van der Waals surface area contributed by atoms with Gasteiger partial charge in [0, 0.05) is 28.8 Å². The second kappa shape index (κ2) is 9.65. The van der Waals surface area contributed by atoms with E-state index in [1.54, 1.807) is 40.2 Å². The van der Waals surface area contributed by atoms with E-state index in [9.17, 15) is 14.0 Å². The van der Waals surface area contributed by atoms with E-state index in [4.69, 9.17) is 0 Å². The molecular weight excluding hydrogens is 363 g/mol. The first kappa shape index (κ1) is 21.1. The Morgan fingerprint density at radius 1 is 1.04 bits per heavy atom. The zero-order chi connectivity index (χ0) is 20.0. The van der Waals surface area contributed by atoms with Crippen LogP contribution >= 0.6 is 11.3 Å². The molecule has 0 fully saturated rings. The summed E-state index contributed by atoms with van der Waals surface area (Å²) in [5.74, 6) is -0.446. The molecule has 0 unspecified atom stereocenters. The predicted molar refractivity (Wildman–Crippen MR) is 107 cm³/mol. The Morgan fingerprint density at radius 3 is 2.22 bits per heavy atom. The number of aryl methyl sites for hydroxylation is 1. The molecule has 0 aliphatic heterocycles. The van der Waals surface area contributed by atoms with Gasteiger partial charge in [0.05, 0.1) is 13.1 Å². The van der Waals surface area contributed by atoms with E-state index in [-0.39, 0.29) is 30.2 Å². The van der Waals surface area contributed by atoms with Crippen LogP contribution < -0.4 is 0 Å². The fourth-order valence-electron chi connectivity index (χ4n) is 2.81. The molecular formula is C21H27FN2O2S. The summed E-state index contributed by atoms with van der Waals surface area (Å²) in [4.78, 5) is 30.8. The SMILES string of the molecule is CCC(=O)N(CC(=O)N(Cc1ccc(F)cc1)Cc1ccc(C)s1)C(C)C. The summed E-state index contributed by atoms with van der Waals surface area (Å²) in [5, 5.41) is 0. The van der Waals surface area contributed by atoms with Gasteiger partial charge >= 0.3 is 0 Å². The maximum absolute atomic E-state index is 13.2. The van der Waals surface area contributed by atoms with Crippen LogP contribution in [-0.4, -0.2) is 34.2 Å². The average molecular weight is 391 g/mol. The Hall–Kier alpha value is -2.21. The Morgan fingerprint density at radius 2 is 1.70 bits per heavy atom. The standard InChI is InChI=1S/C21H27FN2O2S/c1-5-20(25)24(15(2)3)14-21(26)23(13-19-11-6-16(4)27-19)12-17-7-9-18(22)10-8-17/h6-11,15H,5,12-14H2,1-4H3. The second-order valence-electron chi connectivity index (χ2n) is 6.86. The van der Waals surface area contributed by atoms with Crippen LogP contribution in [-0.2, 0) is 22.7 Å². The number of rotatable bonds is 8. The monoisotopic (exact) mass is 390 g/mol. The third-order valence-corrected chi connectivity index (χ3v) is 5.32. The first-order valence-electron chi connectivity index (χ1n) is 9.17. The molecule has 1 aromatic carbocycles. The van der Waals surface area contributed by atoms with Gasteiger partial charge in [0.1, 0.15) is 5.82 Å². The van der Waals surface area contributed by atoms with Crippen molar-refractivity contribution in [3.63, 3.8) is 0 Å². The zero-order valence-electron chi connectivity index (χ0n) is 16.4. The van der Waals surface area contributed by atoms with E-state index < -0.39 is 0 Å². The van der Waals surface area contributed by atoms with Crippen LogP contribution in [0.1, 0.15) is 42.5 Å². The maximum atomic E-state index is 13.2. The Kier molecular flexibility index (Phi) is 7.54. The molecule has 6 heteroatoms. The van der Waals surface area contributed by atoms with Gasteiger partial charge in [0.15, 0.2) is 0 Å². The van der Waals surface area contributed by atoms with Crippen molar-refractivity contribution >= 4 is 23.2 Å². The highest BCUT2D eigenvalue weighted by Crippen LogP contribution is 2.19. The summed E-state index contributed by atoms with van der Waals surface area (Å²) in [5.41, 5.74) is 0.857. The van der Waals surface area contributed by atoms with Crippen LogP contribution in [0.15, 0.2) is 36.4 Å². The molecule has 0 atom stereocenters. The Bertz CT molecular complexity index is 771. The minimum absolute atomic E-state index is 0.0351. The summed E-state index contributed by atoms with van der Waals surface area (Å²) < 4.78 is 13.2. The van der Waals surface area contributed by atoms with Crippen molar-refractivity contribution in [2.24, 2.45) is 0 Å². The summed E-state index contributed by atoms with van der Waals surface area (Å²) in [6.07, 6.45) is 0.369. The van der Waals surface area contributed by atoms with Crippen molar-refractivity contribution in [2.75, 3.05) is 6.54 Å². The fourth-order valence-corrected chi connectivity index (χ4v) is 3.71. The van der Waals surface area contributed by atoms with Crippen LogP contribution in [0.4, 0.5) is 4.39 Å². The highest BCUT2D eigenvalue weighted by Gasteiger charge is 2.23. The third-order valence-electron chi connectivity index (χ3n) is 4.33. The largest absolute Gasteiger partial charge is 0.332 e. The van der Waals surface area contributed by atoms with Crippen molar-refractivity contribution in [2.45, 2.75) is 53.2 Å². The lowest BCUT2D eigenvalue weighted by Gasteiger charge is -2.30. The lowest BCUT2D eigenvalue weighted by molar-refractivity contribution is -0.142. The van der Waals surface area contributed by atoms with Gasteiger partial charge in [-0.3, -0.25) is 9.59 Å². The smallest absolute Gasteiger partial charge is 0.242 e. The molecule has 0 saturated carbocycles. The molecule has 0 aliphatic carbocycles. The number of amides is 2. The van der Waals surface area contributed by atoms with Gasteiger partial charge in [0.25, 0.3) is 0 Å². The molecule has 0 radical (unpaired) electrons. The van der Waals surface area contributed by atoms with Crippen molar-refractivity contribution in [3.05, 3.63) is 57.5 Å². The summed E-state index contributed by atoms with van der Waals surface area (Å²) in [6, 6.07) is 10.2. The van der Waals surface area contributed by atoms with Crippen molar-refractivity contribution in [3.8, 4) is 0 Å². The topological polar surface area (TPSA) is 40.6 Å². The summed E-state index contributed by atoms with van der Waals surface area (Å²) >= 11 is 1.65. The van der Waals surface area contributed by atoms with Crippen LogP contribution in [0.3, 0.4) is 0 Å². The van der Waals surface area contributed by atoms with E-state index in [1.165, 1.54) is 17.0 Å². The second-order valence-corrected chi connectivity index (χ2v) is 8.23. The van der Waals surface area contributed by atoms with Crippen molar-refractivity contribution in [1.29, 1.82) is 0 Å². The number of halogens is 1. The first-order valence-corrected chi connectivity index (χ1v) is 9.98. The lowest BCUT2D eigenvalue weighted by atomic mass is 10.2. The van der Waals surface area contributed by atoms with Crippen LogP contribution in [0, 0.1) is 12.7 Å². The maximum Gasteiger partial charge on any atom is 0.242 e. The quantitative estimate of drug-likeness (QED) is 0.671. The van der Waals surface area contributed by atoms with Gasteiger partial charge in [-0.15, -0.1) is 11.3 Å². The highest BCUT2D eigenvalue weighted by molar-refractivity contribution is 7.11. The summed E-state index contributed by atoms with van der Waals surface area (Å²) in [6.45, 7) is 8.55. The van der Waals surface area contributed by atoms with Crippen LogP contribution in [0.2, 0.25) is 0 Å². The predicted octanol–water partition coefficient (Wildman–Crippen LogP) is 4.37. The van der Waals surface area contributed by atoms with Gasteiger partial charge in [-0.05, 0) is 50.6 Å². The van der Waals surface area contributed by atoms with E-state index >= 15 is 0 Å². The fraction of sp³-hybridized carbons (Fsp3) is 0.429. The normalized spacial score (nSPS) is 10.9. The van der Waals surface area contributed by atoms with Crippen LogP contribution in [0.25, 0.3) is 0 Å². The Labute approximate surface area is 164 Å².